The van der Waals surface area contributed by atoms with Crippen LogP contribution in [0.3, 0.4) is 0 Å². The van der Waals surface area contributed by atoms with Gasteiger partial charge < -0.3 is 14.8 Å². The highest BCUT2D eigenvalue weighted by molar-refractivity contribution is 14.1. The molecule has 0 bridgehead atoms. The van der Waals surface area contributed by atoms with Gasteiger partial charge in [0.15, 0.2) is 0 Å². The van der Waals surface area contributed by atoms with E-state index in [1.54, 1.807) is 0 Å². The molecule has 0 radical (unpaired) electrons. The summed E-state index contributed by atoms with van der Waals surface area (Å²) in [7, 11) is 0. The molecule has 0 heterocycles. The molecule has 0 atom stereocenters. The average Bonchev–Trinajstić information content (AvgIpc) is 2.48. The van der Waals surface area contributed by atoms with Gasteiger partial charge in [0, 0.05) is 29.7 Å². The number of alkyl halides is 1. The molecule has 5 heteroatoms. The molecular formula is C17H26INO3. The van der Waals surface area contributed by atoms with Crippen molar-refractivity contribution in [2.75, 3.05) is 29.6 Å². The fourth-order valence-electron chi connectivity index (χ4n) is 1.76. The van der Waals surface area contributed by atoms with Gasteiger partial charge in [0.1, 0.15) is 5.75 Å². The second-order valence-electron chi connectivity index (χ2n) is 5.54. The van der Waals surface area contributed by atoms with Crippen LogP contribution < -0.4 is 10.1 Å². The Morgan fingerprint density at radius 2 is 1.91 bits per heavy atom. The van der Waals surface area contributed by atoms with Crippen LogP contribution in [0.15, 0.2) is 24.3 Å². The number of benzene rings is 1. The maximum Gasteiger partial charge on any atom is 0.224 e. The Morgan fingerprint density at radius 3 is 2.55 bits per heavy atom. The van der Waals surface area contributed by atoms with E-state index >= 15 is 0 Å². The minimum absolute atomic E-state index is 0.0201. The molecule has 0 aliphatic heterocycles. The summed E-state index contributed by atoms with van der Waals surface area (Å²) in [5, 5.41) is 2.88. The Labute approximate surface area is 147 Å². The van der Waals surface area contributed by atoms with Gasteiger partial charge in [0.25, 0.3) is 0 Å². The molecule has 1 N–H and O–H groups in total. The van der Waals surface area contributed by atoms with Crippen molar-refractivity contribution >= 4 is 34.2 Å². The molecule has 0 aliphatic carbocycles. The number of halogens is 1. The third-order valence-electron chi connectivity index (χ3n) is 2.83. The van der Waals surface area contributed by atoms with Crippen LogP contribution >= 0.6 is 22.6 Å². The summed E-state index contributed by atoms with van der Waals surface area (Å²) in [5.41, 5.74) is 0.800. The number of hydrogen-bond donors (Lipinski definition) is 1. The molecule has 22 heavy (non-hydrogen) atoms. The lowest BCUT2D eigenvalue weighted by atomic mass is 10.2. The Balaban J connectivity index is 2.21. The zero-order valence-electron chi connectivity index (χ0n) is 13.4. The number of amides is 1. The first-order valence-corrected chi connectivity index (χ1v) is 9.30. The van der Waals surface area contributed by atoms with Crippen molar-refractivity contribution in [2.45, 2.75) is 33.1 Å². The van der Waals surface area contributed by atoms with Crippen LogP contribution in [0.1, 0.15) is 33.1 Å². The molecule has 0 unspecified atom stereocenters. The fraction of sp³-hybridized carbons (Fsp3) is 0.588. The molecule has 0 fully saturated rings. The minimum atomic E-state index is 0.0201. The molecule has 0 spiro atoms. The molecule has 1 aromatic rings. The van der Waals surface area contributed by atoms with E-state index in [1.165, 1.54) is 0 Å². The van der Waals surface area contributed by atoms with E-state index in [-0.39, 0.29) is 5.91 Å². The molecule has 124 valence electrons. The van der Waals surface area contributed by atoms with Gasteiger partial charge in [0.2, 0.25) is 5.91 Å². The number of carbonyl (C=O) groups is 1. The molecule has 1 rings (SSSR count). The molecule has 1 amide bonds. The van der Waals surface area contributed by atoms with Crippen LogP contribution in [0.4, 0.5) is 5.69 Å². The summed E-state index contributed by atoms with van der Waals surface area (Å²) in [6, 6.07) is 7.50. The third-order valence-corrected chi connectivity index (χ3v) is 3.59. The van der Waals surface area contributed by atoms with Gasteiger partial charge in [-0.05, 0) is 43.0 Å². The molecule has 0 aromatic heterocycles. The topological polar surface area (TPSA) is 47.6 Å². The maximum absolute atomic E-state index is 11.8. The lowest BCUT2D eigenvalue weighted by molar-refractivity contribution is -0.116. The summed E-state index contributed by atoms with van der Waals surface area (Å²) < 4.78 is 12.1. The highest BCUT2D eigenvalue weighted by Crippen LogP contribution is 2.16. The highest BCUT2D eigenvalue weighted by Gasteiger charge is 2.03. The zero-order valence-corrected chi connectivity index (χ0v) is 15.6. The highest BCUT2D eigenvalue weighted by atomic mass is 127. The van der Waals surface area contributed by atoms with E-state index in [1.807, 2.05) is 24.3 Å². The maximum atomic E-state index is 11.8. The average molecular weight is 419 g/mol. The van der Waals surface area contributed by atoms with Crippen molar-refractivity contribution in [2.24, 2.45) is 5.92 Å². The molecule has 0 saturated carbocycles. The first-order chi connectivity index (χ1) is 10.6. The van der Waals surface area contributed by atoms with Gasteiger partial charge >= 0.3 is 0 Å². The summed E-state index contributed by atoms with van der Waals surface area (Å²) in [6.45, 7) is 6.34. The van der Waals surface area contributed by atoms with Crippen molar-refractivity contribution < 1.29 is 14.3 Å². The molecule has 0 aliphatic rings. The fourth-order valence-corrected chi connectivity index (χ4v) is 2.07. The molecular weight excluding hydrogens is 393 g/mol. The Bertz CT molecular complexity index is 420. The van der Waals surface area contributed by atoms with Gasteiger partial charge in [-0.25, -0.2) is 0 Å². The van der Waals surface area contributed by atoms with Crippen molar-refractivity contribution in [3.8, 4) is 5.75 Å². The van der Waals surface area contributed by atoms with E-state index in [0.29, 0.717) is 18.9 Å². The van der Waals surface area contributed by atoms with E-state index < -0.39 is 0 Å². The summed E-state index contributed by atoms with van der Waals surface area (Å²) in [6.07, 6.45) is 2.26. The molecule has 4 nitrogen and oxygen atoms in total. The molecule has 0 saturated heterocycles. The minimum Gasteiger partial charge on any atom is -0.494 e. The van der Waals surface area contributed by atoms with Crippen LogP contribution in [0, 0.1) is 5.92 Å². The monoisotopic (exact) mass is 419 g/mol. The van der Waals surface area contributed by atoms with Crippen LogP contribution in [-0.4, -0.2) is 30.2 Å². The largest absolute Gasteiger partial charge is 0.494 e. The lowest BCUT2D eigenvalue weighted by Crippen LogP contribution is -2.12. The number of carbonyl (C=O) groups excluding carboxylic acids is 1. The lowest BCUT2D eigenvalue weighted by Gasteiger charge is -2.09. The number of ether oxygens (including phenoxy) is 2. The number of rotatable bonds is 11. The molecule has 1 aromatic carbocycles. The van der Waals surface area contributed by atoms with Crippen molar-refractivity contribution in [3.63, 3.8) is 0 Å². The van der Waals surface area contributed by atoms with Gasteiger partial charge in [-0.2, -0.15) is 0 Å². The van der Waals surface area contributed by atoms with Crippen LogP contribution in [0.5, 0.6) is 5.75 Å². The zero-order chi connectivity index (χ0) is 16.2. The summed E-state index contributed by atoms with van der Waals surface area (Å²) >= 11 is 2.33. The number of hydrogen-bond acceptors (Lipinski definition) is 3. The van der Waals surface area contributed by atoms with E-state index in [4.69, 9.17) is 9.47 Å². The first kappa shape index (κ1) is 19.2. The second kappa shape index (κ2) is 11.7. The van der Waals surface area contributed by atoms with E-state index in [2.05, 4.69) is 41.8 Å². The van der Waals surface area contributed by atoms with Gasteiger partial charge in [-0.1, -0.05) is 36.4 Å². The normalized spacial score (nSPS) is 10.7. The third kappa shape index (κ3) is 9.25. The Morgan fingerprint density at radius 1 is 1.18 bits per heavy atom. The predicted molar refractivity (Wildman–Crippen MR) is 99.0 cm³/mol. The van der Waals surface area contributed by atoms with Crippen LogP contribution in [0.25, 0.3) is 0 Å². The second-order valence-corrected chi connectivity index (χ2v) is 6.61. The first-order valence-electron chi connectivity index (χ1n) is 7.78. The van der Waals surface area contributed by atoms with Crippen molar-refractivity contribution in [1.82, 2.24) is 0 Å². The van der Waals surface area contributed by atoms with Crippen molar-refractivity contribution in [3.05, 3.63) is 24.3 Å². The quantitative estimate of drug-likeness (QED) is 0.331. The van der Waals surface area contributed by atoms with Gasteiger partial charge in [-0.3, -0.25) is 4.79 Å². The van der Waals surface area contributed by atoms with Gasteiger partial charge in [-0.15, -0.1) is 0 Å². The predicted octanol–water partition coefficient (Wildman–Crippen LogP) is 4.28. The standard InChI is InChI=1S/C17H26INO3/c1-14(2)13-21-11-3-5-17(20)19-15-6-8-16(9-7-15)22-12-4-10-18/h6-9,14H,3-5,10-13H2,1-2H3,(H,19,20). The Hall–Kier alpha value is -0.820. The number of anilines is 1. The van der Waals surface area contributed by atoms with E-state index in [0.717, 1.165) is 41.9 Å². The van der Waals surface area contributed by atoms with Crippen LogP contribution in [0.2, 0.25) is 0 Å². The summed E-state index contributed by atoms with van der Waals surface area (Å²) in [5.74, 6) is 1.39. The Kier molecular flexibility index (Phi) is 10.2. The number of nitrogens with one attached hydrogen (secondary N) is 1. The van der Waals surface area contributed by atoms with Gasteiger partial charge in [0.05, 0.1) is 6.61 Å². The van der Waals surface area contributed by atoms with E-state index in [9.17, 15) is 4.79 Å². The smallest absolute Gasteiger partial charge is 0.224 e. The SMILES string of the molecule is CC(C)COCCCC(=O)Nc1ccc(OCCCI)cc1. The van der Waals surface area contributed by atoms with Crippen molar-refractivity contribution in [1.29, 1.82) is 0 Å². The summed E-state index contributed by atoms with van der Waals surface area (Å²) in [4.78, 5) is 11.8. The van der Waals surface area contributed by atoms with Crippen LogP contribution in [-0.2, 0) is 9.53 Å².